The van der Waals surface area contributed by atoms with Gasteiger partial charge in [-0.3, -0.25) is 14.7 Å². The van der Waals surface area contributed by atoms with Crippen LogP contribution >= 0.6 is 23.5 Å². The zero-order valence-electron chi connectivity index (χ0n) is 16.4. The minimum absolute atomic E-state index is 0.00562. The summed E-state index contributed by atoms with van der Waals surface area (Å²) in [6.45, 7) is 1.89. The molecular weight excluding hydrogens is 416 g/mol. The predicted octanol–water partition coefficient (Wildman–Crippen LogP) is 1.75. The van der Waals surface area contributed by atoms with Gasteiger partial charge in [0.05, 0.1) is 31.2 Å². The summed E-state index contributed by atoms with van der Waals surface area (Å²) >= 11 is 3.21. The highest BCUT2D eigenvalue weighted by molar-refractivity contribution is 8.14. The van der Waals surface area contributed by atoms with Gasteiger partial charge in [0.15, 0.2) is 0 Å². The van der Waals surface area contributed by atoms with Crippen LogP contribution < -0.4 is 4.74 Å². The number of aliphatic carboxylic acids is 1. The Hall–Kier alpha value is -1.46. The quantitative estimate of drug-likeness (QED) is 0.525. The van der Waals surface area contributed by atoms with Crippen molar-refractivity contribution in [3.8, 4) is 11.5 Å². The second-order valence-electron chi connectivity index (χ2n) is 6.69. The van der Waals surface area contributed by atoms with Crippen LogP contribution in [0, 0.1) is 0 Å². The van der Waals surface area contributed by atoms with Gasteiger partial charge in [0.2, 0.25) is 0 Å². The summed E-state index contributed by atoms with van der Waals surface area (Å²) < 4.78 is 15.8. The number of ether oxygens (including phenoxy) is 3. The summed E-state index contributed by atoms with van der Waals surface area (Å²) in [6.07, 6.45) is 0. The molecule has 0 spiro atoms. The number of phenols is 1. The summed E-state index contributed by atoms with van der Waals surface area (Å²) in [5, 5.41) is 20.5. The van der Waals surface area contributed by atoms with Crippen LogP contribution in [0.5, 0.6) is 11.5 Å². The van der Waals surface area contributed by atoms with Gasteiger partial charge in [-0.2, -0.15) is 0 Å². The fourth-order valence-electron chi connectivity index (χ4n) is 3.16. The van der Waals surface area contributed by atoms with Crippen LogP contribution in [0.4, 0.5) is 0 Å². The largest absolute Gasteiger partial charge is 0.507 e. The van der Waals surface area contributed by atoms with E-state index < -0.39 is 12.0 Å². The Labute approximate surface area is 178 Å². The Morgan fingerprint density at radius 1 is 1.28 bits per heavy atom. The van der Waals surface area contributed by atoms with Gasteiger partial charge >= 0.3 is 5.97 Å². The average molecular weight is 443 g/mol. The molecule has 1 saturated heterocycles. The SMILES string of the molecule is COCCOCCOc1ccc(C2=N[C@@H]([C@@H]3SC[C@H](C(=O)O)N3C)CS2)c(O)c1. The highest BCUT2D eigenvalue weighted by Crippen LogP contribution is 2.38. The van der Waals surface area contributed by atoms with Gasteiger partial charge < -0.3 is 24.4 Å². The number of nitrogens with zero attached hydrogens (tertiary/aromatic N) is 2. The molecule has 0 aliphatic carbocycles. The molecule has 10 heteroatoms. The number of aliphatic imine (C=N–C) groups is 1. The van der Waals surface area contributed by atoms with Crippen molar-refractivity contribution in [1.82, 2.24) is 4.90 Å². The summed E-state index contributed by atoms with van der Waals surface area (Å²) in [4.78, 5) is 18.0. The Morgan fingerprint density at radius 2 is 2.07 bits per heavy atom. The number of methoxy groups -OCH3 is 1. The summed E-state index contributed by atoms with van der Waals surface area (Å²) in [5.41, 5.74) is 0.668. The second kappa shape index (κ2) is 10.5. The van der Waals surface area contributed by atoms with Crippen LogP contribution in [0.15, 0.2) is 23.2 Å². The molecular formula is C19H26N2O6S2. The van der Waals surface area contributed by atoms with Crippen LogP contribution in [0.3, 0.4) is 0 Å². The lowest BCUT2D eigenvalue weighted by Crippen LogP contribution is -2.42. The van der Waals surface area contributed by atoms with Gasteiger partial charge in [0.1, 0.15) is 29.2 Å². The molecule has 0 amide bonds. The number of hydrogen-bond donors (Lipinski definition) is 2. The van der Waals surface area contributed by atoms with Crippen molar-refractivity contribution in [2.45, 2.75) is 17.5 Å². The third-order valence-electron chi connectivity index (χ3n) is 4.73. The smallest absolute Gasteiger partial charge is 0.321 e. The number of rotatable bonds is 10. The molecule has 2 aliphatic heterocycles. The number of carboxylic acids is 1. The topological polar surface area (TPSA) is 101 Å². The Bertz CT molecular complexity index is 747. The summed E-state index contributed by atoms with van der Waals surface area (Å²) in [7, 11) is 3.46. The standard InChI is InChI=1S/C19H26N2O6S2/c1-21-15(19(23)24)11-29-18(21)14-10-28-17(20-14)13-4-3-12(9-16(13)22)27-8-7-26-6-5-25-2/h3-4,9,14-15,18,22H,5-8,10-11H2,1-2H3,(H,23,24)/t14-,15-,18+/m1/s1. The maximum Gasteiger partial charge on any atom is 0.321 e. The molecule has 1 aromatic rings. The van der Waals surface area contributed by atoms with Gasteiger partial charge in [-0.15, -0.1) is 23.5 Å². The maximum atomic E-state index is 11.3. The van der Waals surface area contributed by atoms with Crippen molar-refractivity contribution in [3.05, 3.63) is 23.8 Å². The lowest BCUT2D eigenvalue weighted by atomic mass is 10.2. The van der Waals surface area contributed by atoms with Gasteiger partial charge in [-0.1, -0.05) is 0 Å². The minimum Gasteiger partial charge on any atom is -0.507 e. The van der Waals surface area contributed by atoms with E-state index >= 15 is 0 Å². The highest BCUT2D eigenvalue weighted by Gasteiger charge is 2.41. The van der Waals surface area contributed by atoms with Crippen molar-refractivity contribution < 1.29 is 29.2 Å². The van der Waals surface area contributed by atoms with Crippen LogP contribution in [0.2, 0.25) is 0 Å². The third kappa shape index (κ3) is 5.58. The van der Waals surface area contributed by atoms with Crippen LogP contribution in [-0.2, 0) is 14.3 Å². The van der Waals surface area contributed by atoms with E-state index in [4.69, 9.17) is 19.2 Å². The van der Waals surface area contributed by atoms with Crippen LogP contribution in [-0.4, -0.2) is 95.7 Å². The second-order valence-corrected chi connectivity index (χ2v) is 8.85. The molecule has 3 atom stereocenters. The number of hydrogen-bond acceptors (Lipinski definition) is 9. The van der Waals surface area contributed by atoms with Crippen LogP contribution in [0.25, 0.3) is 0 Å². The normalized spacial score (nSPS) is 24.6. The first-order valence-electron chi connectivity index (χ1n) is 9.31. The molecule has 0 saturated carbocycles. The van der Waals surface area contributed by atoms with Crippen LogP contribution in [0.1, 0.15) is 5.56 Å². The molecule has 29 heavy (non-hydrogen) atoms. The van der Waals surface area contributed by atoms with Crippen molar-refractivity contribution in [3.63, 3.8) is 0 Å². The van der Waals surface area contributed by atoms with Crippen molar-refractivity contribution in [2.75, 3.05) is 52.1 Å². The lowest BCUT2D eigenvalue weighted by molar-refractivity contribution is -0.141. The monoisotopic (exact) mass is 442 g/mol. The van der Waals surface area contributed by atoms with Gasteiger partial charge in [0, 0.05) is 30.2 Å². The zero-order valence-corrected chi connectivity index (χ0v) is 18.1. The van der Waals surface area contributed by atoms with E-state index in [0.29, 0.717) is 43.5 Å². The average Bonchev–Trinajstić information content (AvgIpc) is 3.31. The lowest BCUT2D eigenvalue weighted by Gasteiger charge is -2.24. The number of benzene rings is 1. The number of carbonyl (C=O) groups is 1. The third-order valence-corrected chi connectivity index (χ3v) is 7.34. The Balaban J connectivity index is 1.57. The molecule has 0 unspecified atom stereocenters. The highest BCUT2D eigenvalue weighted by atomic mass is 32.2. The van der Waals surface area contributed by atoms with E-state index in [1.807, 2.05) is 11.9 Å². The van der Waals surface area contributed by atoms with Crippen molar-refractivity contribution >= 4 is 34.5 Å². The fraction of sp³-hybridized carbons (Fsp3) is 0.579. The van der Waals surface area contributed by atoms with E-state index in [1.165, 1.54) is 0 Å². The number of likely N-dealkylation sites (N-methyl/N-ethyl adjacent to an activating group) is 1. The van der Waals surface area contributed by atoms with Gasteiger partial charge in [-0.25, -0.2) is 0 Å². The molecule has 1 fully saturated rings. The number of thioether (sulfide) groups is 2. The van der Waals surface area contributed by atoms with E-state index in [0.717, 1.165) is 10.8 Å². The van der Waals surface area contributed by atoms with Gasteiger partial charge in [0.25, 0.3) is 0 Å². The molecule has 8 nitrogen and oxygen atoms in total. The van der Waals surface area contributed by atoms with E-state index in [2.05, 4.69) is 0 Å². The number of phenolic OH excluding ortho intramolecular Hbond substituents is 1. The van der Waals surface area contributed by atoms with E-state index in [-0.39, 0.29) is 17.2 Å². The Morgan fingerprint density at radius 3 is 2.76 bits per heavy atom. The first-order chi connectivity index (χ1) is 14.0. The molecule has 2 aliphatic rings. The first kappa shape index (κ1) is 22.2. The number of aromatic hydroxyl groups is 1. The minimum atomic E-state index is -0.797. The molecule has 2 N–H and O–H groups in total. The summed E-state index contributed by atoms with van der Waals surface area (Å²) in [6, 6.07) is 4.71. The fourth-order valence-corrected chi connectivity index (χ4v) is 5.92. The van der Waals surface area contributed by atoms with Crippen molar-refractivity contribution in [2.24, 2.45) is 4.99 Å². The molecule has 0 bridgehead atoms. The predicted molar refractivity (Wildman–Crippen MR) is 115 cm³/mol. The van der Waals surface area contributed by atoms with Crippen molar-refractivity contribution in [1.29, 1.82) is 0 Å². The first-order valence-corrected chi connectivity index (χ1v) is 11.3. The molecule has 0 radical (unpaired) electrons. The molecule has 1 aromatic carbocycles. The molecule has 2 heterocycles. The summed E-state index contributed by atoms with van der Waals surface area (Å²) in [5.74, 6) is 1.21. The molecule has 3 rings (SSSR count). The van der Waals surface area contributed by atoms with Gasteiger partial charge in [-0.05, 0) is 19.2 Å². The van der Waals surface area contributed by atoms with E-state index in [1.54, 1.807) is 48.8 Å². The maximum absolute atomic E-state index is 11.3. The zero-order chi connectivity index (χ0) is 20.8. The molecule has 160 valence electrons. The Kier molecular flexibility index (Phi) is 8.07. The number of carboxylic acid groups (broad SMARTS) is 1. The molecule has 0 aromatic heterocycles. The van der Waals surface area contributed by atoms with E-state index in [9.17, 15) is 15.0 Å².